The first kappa shape index (κ1) is 19.4. The predicted molar refractivity (Wildman–Crippen MR) is 104 cm³/mol. The minimum absolute atomic E-state index is 0.0439. The highest BCUT2D eigenvalue weighted by Gasteiger charge is 2.18. The number of aromatic nitrogens is 2. The van der Waals surface area contributed by atoms with Crippen molar-refractivity contribution in [2.45, 2.75) is 52.3 Å². The van der Waals surface area contributed by atoms with E-state index in [4.69, 9.17) is 4.74 Å². The lowest BCUT2D eigenvalue weighted by atomic mass is 10.1. The van der Waals surface area contributed by atoms with E-state index in [1.165, 1.54) is 9.13 Å². The van der Waals surface area contributed by atoms with Gasteiger partial charge >= 0.3 is 5.69 Å². The van der Waals surface area contributed by atoms with Gasteiger partial charge in [0, 0.05) is 19.7 Å². The molecule has 1 N–H and O–H groups in total. The van der Waals surface area contributed by atoms with Gasteiger partial charge < -0.3 is 10.1 Å². The van der Waals surface area contributed by atoms with Crippen molar-refractivity contribution in [3.05, 3.63) is 45.1 Å². The minimum atomic E-state index is -0.438. The number of amides is 1. The highest BCUT2D eigenvalue weighted by Crippen LogP contribution is 2.11. The first-order valence-electron chi connectivity index (χ1n) is 9.58. The number of carbonyl (C=O) groups is 1. The summed E-state index contributed by atoms with van der Waals surface area (Å²) < 4.78 is 8.14. The molecule has 7 heteroatoms. The van der Waals surface area contributed by atoms with E-state index in [2.05, 4.69) is 5.32 Å². The Labute approximate surface area is 157 Å². The Morgan fingerprint density at radius 2 is 2.04 bits per heavy atom. The lowest BCUT2D eigenvalue weighted by Gasteiger charge is -2.15. The second-order valence-corrected chi connectivity index (χ2v) is 7.46. The SMILES string of the molecule is CC(C)CCn1c(=O)c2ccccc2n(CC(=O)NCC2CCCO2)c1=O. The fraction of sp³-hybridized carbons (Fsp3) is 0.550. The second-order valence-electron chi connectivity index (χ2n) is 7.46. The molecule has 1 aliphatic heterocycles. The van der Waals surface area contributed by atoms with Crippen molar-refractivity contribution >= 4 is 16.8 Å². The Balaban J connectivity index is 1.89. The van der Waals surface area contributed by atoms with E-state index in [0.717, 1.165) is 25.9 Å². The molecule has 0 saturated carbocycles. The molecule has 1 unspecified atom stereocenters. The van der Waals surface area contributed by atoms with E-state index < -0.39 is 5.69 Å². The summed E-state index contributed by atoms with van der Waals surface area (Å²) in [6.07, 6.45) is 2.70. The summed E-state index contributed by atoms with van der Waals surface area (Å²) in [5.41, 5.74) is -0.251. The molecule has 27 heavy (non-hydrogen) atoms. The predicted octanol–water partition coefficient (Wildman–Crippen LogP) is 1.50. The third kappa shape index (κ3) is 4.47. The van der Waals surface area contributed by atoms with Crippen LogP contribution in [0, 0.1) is 5.92 Å². The molecule has 7 nitrogen and oxygen atoms in total. The van der Waals surface area contributed by atoms with Crippen molar-refractivity contribution in [3.63, 3.8) is 0 Å². The van der Waals surface area contributed by atoms with E-state index in [-0.39, 0.29) is 24.1 Å². The Kier molecular flexibility index (Phi) is 6.11. The Morgan fingerprint density at radius 3 is 2.74 bits per heavy atom. The molecule has 1 aliphatic rings. The van der Waals surface area contributed by atoms with E-state index in [9.17, 15) is 14.4 Å². The number of nitrogens with zero attached hydrogens (tertiary/aromatic N) is 2. The van der Waals surface area contributed by atoms with Crippen LogP contribution in [0.4, 0.5) is 0 Å². The highest BCUT2D eigenvalue weighted by molar-refractivity contribution is 5.81. The third-order valence-electron chi connectivity index (χ3n) is 4.91. The molecule has 1 fully saturated rings. The van der Waals surface area contributed by atoms with Crippen LogP contribution < -0.4 is 16.6 Å². The van der Waals surface area contributed by atoms with Gasteiger partial charge in [-0.05, 0) is 37.3 Å². The molecule has 146 valence electrons. The molecule has 0 bridgehead atoms. The lowest BCUT2D eigenvalue weighted by Crippen LogP contribution is -2.43. The first-order chi connectivity index (χ1) is 13.0. The normalized spacial score (nSPS) is 16.9. The molecule has 0 aliphatic carbocycles. The number of hydrogen-bond donors (Lipinski definition) is 1. The van der Waals surface area contributed by atoms with Gasteiger partial charge in [-0.15, -0.1) is 0 Å². The molecular formula is C20H27N3O4. The quantitative estimate of drug-likeness (QED) is 0.797. The summed E-state index contributed by atoms with van der Waals surface area (Å²) in [4.78, 5) is 38.1. The van der Waals surface area contributed by atoms with E-state index >= 15 is 0 Å². The van der Waals surface area contributed by atoms with E-state index in [0.29, 0.717) is 29.9 Å². The Morgan fingerprint density at radius 1 is 1.26 bits per heavy atom. The largest absolute Gasteiger partial charge is 0.376 e. The van der Waals surface area contributed by atoms with Crippen LogP contribution in [0.1, 0.15) is 33.1 Å². The van der Waals surface area contributed by atoms with Crippen LogP contribution in [-0.2, 0) is 22.6 Å². The summed E-state index contributed by atoms with van der Waals surface area (Å²) in [5.74, 6) is 0.109. The molecule has 0 spiro atoms. The van der Waals surface area contributed by atoms with Crippen molar-refractivity contribution in [2.75, 3.05) is 13.2 Å². The number of hydrogen-bond acceptors (Lipinski definition) is 4. The van der Waals surface area contributed by atoms with Crippen molar-refractivity contribution in [2.24, 2.45) is 5.92 Å². The van der Waals surface area contributed by atoms with Crippen LogP contribution in [0.15, 0.2) is 33.9 Å². The number of para-hydroxylation sites is 1. The summed E-state index contributed by atoms with van der Waals surface area (Å²) in [6.45, 7) is 5.49. The van der Waals surface area contributed by atoms with Gasteiger partial charge in [-0.1, -0.05) is 26.0 Å². The maximum absolute atomic E-state index is 12.9. The van der Waals surface area contributed by atoms with Gasteiger partial charge in [0.15, 0.2) is 0 Å². The molecule has 3 rings (SSSR count). The van der Waals surface area contributed by atoms with Gasteiger partial charge in [0.1, 0.15) is 6.54 Å². The molecule has 1 saturated heterocycles. The zero-order valence-corrected chi connectivity index (χ0v) is 15.9. The Hall–Kier alpha value is -2.41. The van der Waals surface area contributed by atoms with E-state index in [1.54, 1.807) is 24.3 Å². The van der Waals surface area contributed by atoms with Gasteiger partial charge in [-0.3, -0.25) is 18.7 Å². The number of rotatable bonds is 7. The standard InChI is InChI=1S/C20H27N3O4/c1-14(2)9-10-22-19(25)16-7-3-4-8-17(16)23(20(22)26)13-18(24)21-12-15-6-5-11-27-15/h3-4,7-8,14-15H,5-6,9-13H2,1-2H3,(H,21,24). The molecule has 0 radical (unpaired) electrons. The first-order valence-corrected chi connectivity index (χ1v) is 9.58. The van der Waals surface area contributed by atoms with Crippen LogP contribution in [0.2, 0.25) is 0 Å². The average molecular weight is 373 g/mol. The zero-order valence-electron chi connectivity index (χ0n) is 15.9. The molecule has 2 aromatic rings. The monoisotopic (exact) mass is 373 g/mol. The number of carbonyl (C=O) groups excluding carboxylic acids is 1. The summed E-state index contributed by atoms with van der Waals surface area (Å²) in [7, 11) is 0. The van der Waals surface area contributed by atoms with Crippen LogP contribution in [-0.4, -0.2) is 34.3 Å². The van der Waals surface area contributed by atoms with Crippen molar-refractivity contribution in [1.29, 1.82) is 0 Å². The lowest BCUT2D eigenvalue weighted by molar-refractivity contribution is -0.122. The highest BCUT2D eigenvalue weighted by atomic mass is 16.5. The van der Waals surface area contributed by atoms with Gasteiger partial charge in [-0.25, -0.2) is 4.79 Å². The van der Waals surface area contributed by atoms with Crippen LogP contribution in [0.3, 0.4) is 0 Å². The topological polar surface area (TPSA) is 82.3 Å². The second kappa shape index (κ2) is 8.52. The number of nitrogens with one attached hydrogen (secondary N) is 1. The van der Waals surface area contributed by atoms with Crippen LogP contribution in [0.5, 0.6) is 0 Å². The summed E-state index contributed by atoms with van der Waals surface area (Å²) in [6, 6.07) is 6.94. The maximum Gasteiger partial charge on any atom is 0.331 e. The van der Waals surface area contributed by atoms with Gasteiger partial charge in [0.25, 0.3) is 5.56 Å². The molecule has 1 amide bonds. The summed E-state index contributed by atoms with van der Waals surface area (Å²) in [5, 5.41) is 3.29. The van der Waals surface area contributed by atoms with Crippen molar-refractivity contribution in [1.82, 2.24) is 14.5 Å². The maximum atomic E-state index is 12.9. The Bertz CT molecular complexity index is 923. The summed E-state index contributed by atoms with van der Waals surface area (Å²) >= 11 is 0. The van der Waals surface area contributed by atoms with Gasteiger partial charge in [-0.2, -0.15) is 0 Å². The molecule has 1 atom stereocenters. The fourth-order valence-electron chi connectivity index (χ4n) is 3.34. The number of ether oxygens (including phenoxy) is 1. The van der Waals surface area contributed by atoms with Gasteiger partial charge in [0.05, 0.1) is 17.0 Å². The smallest absolute Gasteiger partial charge is 0.331 e. The number of benzene rings is 1. The zero-order chi connectivity index (χ0) is 19.4. The van der Waals surface area contributed by atoms with Crippen LogP contribution >= 0.6 is 0 Å². The molecular weight excluding hydrogens is 346 g/mol. The molecule has 1 aromatic carbocycles. The number of fused-ring (bicyclic) bond motifs is 1. The van der Waals surface area contributed by atoms with Gasteiger partial charge in [0.2, 0.25) is 5.91 Å². The fourth-order valence-corrected chi connectivity index (χ4v) is 3.34. The van der Waals surface area contributed by atoms with Crippen LogP contribution in [0.25, 0.3) is 10.9 Å². The van der Waals surface area contributed by atoms with Crippen molar-refractivity contribution < 1.29 is 9.53 Å². The molecule has 1 aromatic heterocycles. The van der Waals surface area contributed by atoms with Crippen molar-refractivity contribution in [3.8, 4) is 0 Å². The van der Waals surface area contributed by atoms with E-state index in [1.807, 2.05) is 13.8 Å². The minimum Gasteiger partial charge on any atom is -0.376 e. The third-order valence-corrected chi connectivity index (χ3v) is 4.91. The average Bonchev–Trinajstić information content (AvgIpc) is 3.17. The molecule has 2 heterocycles.